The van der Waals surface area contributed by atoms with Crippen molar-refractivity contribution in [3.8, 4) is 0 Å². The van der Waals surface area contributed by atoms with Crippen LogP contribution in [-0.2, 0) is 6.42 Å². The first kappa shape index (κ1) is 11.3. The van der Waals surface area contributed by atoms with E-state index in [-0.39, 0.29) is 12.6 Å². The van der Waals surface area contributed by atoms with Crippen molar-refractivity contribution in [3.05, 3.63) is 24.2 Å². The summed E-state index contributed by atoms with van der Waals surface area (Å²) < 4.78 is 5.25. The predicted molar refractivity (Wildman–Crippen MR) is 56.2 cm³/mol. The monoisotopic (exact) mass is 197 g/mol. The van der Waals surface area contributed by atoms with Crippen LogP contribution in [-0.4, -0.2) is 23.8 Å². The summed E-state index contributed by atoms with van der Waals surface area (Å²) in [5, 5.41) is 12.4. The lowest BCUT2D eigenvalue weighted by molar-refractivity contribution is 0.228. The Bertz CT molecular complexity index is 229. The molecule has 0 aliphatic rings. The van der Waals surface area contributed by atoms with Crippen LogP contribution in [0.4, 0.5) is 0 Å². The Hall–Kier alpha value is -0.800. The van der Waals surface area contributed by atoms with Gasteiger partial charge in [-0.3, -0.25) is 0 Å². The summed E-state index contributed by atoms with van der Waals surface area (Å²) >= 11 is 0. The summed E-state index contributed by atoms with van der Waals surface area (Å²) in [6, 6.07) is 4.39. The maximum absolute atomic E-state index is 9.02. The molecule has 3 nitrogen and oxygen atoms in total. The first-order valence-electron chi connectivity index (χ1n) is 5.15. The molecule has 1 heterocycles. The molecule has 1 unspecified atom stereocenters. The predicted octanol–water partition coefficient (Wildman–Crippen LogP) is 1.57. The lowest BCUT2D eigenvalue weighted by Gasteiger charge is -2.19. The molecule has 0 fully saturated rings. The van der Waals surface area contributed by atoms with E-state index in [0.717, 1.165) is 18.6 Å². The zero-order valence-electron chi connectivity index (χ0n) is 8.86. The maximum atomic E-state index is 9.02. The Balaban J connectivity index is 2.31. The molecule has 3 heteroatoms. The van der Waals surface area contributed by atoms with Gasteiger partial charge in [-0.05, 0) is 25.5 Å². The van der Waals surface area contributed by atoms with E-state index in [0.29, 0.717) is 6.04 Å². The minimum Gasteiger partial charge on any atom is -0.469 e. The summed E-state index contributed by atoms with van der Waals surface area (Å²) in [6.07, 6.45) is 3.49. The summed E-state index contributed by atoms with van der Waals surface area (Å²) in [5.41, 5.74) is 0. The van der Waals surface area contributed by atoms with Crippen LogP contribution in [0.25, 0.3) is 0 Å². The van der Waals surface area contributed by atoms with Gasteiger partial charge in [0.2, 0.25) is 0 Å². The number of hydrogen-bond donors (Lipinski definition) is 2. The van der Waals surface area contributed by atoms with Gasteiger partial charge < -0.3 is 14.8 Å². The fraction of sp³-hybridized carbons (Fsp3) is 0.636. The van der Waals surface area contributed by atoms with Gasteiger partial charge in [0.1, 0.15) is 5.76 Å². The van der Waals surface area contributed by atoms with E-state index >= 15 is 0 Å². The average Bonchev–Trinajstić information content (AvgIpc) is 2.66. The van der Waals surface area contributed by atoms with Gasteiger partial charge in [-0.2, -0.15) is 0 Å². The highest BCUT2D eigenvalue weighted by atomic mass is 16.3. The van der Waals surface area contributed by atoms with Crippen molar-refractivity contribution in [2.45, 2.75) is 38.8 Å². The molecule has 1 rings (SSSR count). The average molecular weight is 197 g/mol. The second-order valence-corrected chi connectivity index (χ2v) is 3.64. The van der Waals surface area contributed by atoms with Gasteiger partial charge in [-0.25, -0.2) is 0 Å². The van der Waals surface area contributed by atoms with Gasteiger partial charge in [0.15, 0.2) is 0 Å². The zero-order chi connectivity index (χ0) is 10.4. The number of nitrogens with one attached hydrogen (secondary N) is 1. The highest BCUT2D eigenvalue weighted by molar-refractivity contribution is 5.00. The third kappa shape index (κ3) is 3.52. The SMILES string of the molecule is CC[C@@H](CO)NC(C)Cc1ccco1. The smallest absolute Gasteiger partial charge is 0.105 e. The van der Waals surface area contributed by atoms with Crippen molar-refractivity contribution in [2.75, 3.05) is 6.61 Å². The fourth-order valence-electron chi connectivity index (χ4n) is 1.49. The standard InChI is InChI=1S/C11H19NO2/c1-3-10(8-13)12-9(2)7-11-5-4-6-14-11/h4-6,9-10,12-13H,3,7-8H2,1-2H3/t9?,10-/m0/s1. The Kier molecular flexibility index (Phi) is 4.70. The van der Waals surface area contributed by atoms with E-state index in [4.69, 9.17) is 9.52 Å². The summed E-state index contributed by atoms with van der Waals surface area (Å²) in [5.74, 6) is 0.984. The molecule has 0 amide bonds. The molecule has 2 atom stereocenters. The Morgan fingerprint density at radius 3 is 2.86 bits per heavy atom. The van der Waals surface area contributed by atoms with Gasteiger partial charge >= 0.3 is 0 Å². The highest BCUT2D eigenvalue weighted by Gasteiger charge is 2.10. The number of aliphatic hydroxyl groups is 1. The van der Waals surface area contributed by atoms with Gasteiger partial charge in [-0.15, -0.1) is 0 Å². The molecular weight excluding hydrogens is 178 g/mol. The summed E-state index contributed by atoms with van der Waals surface area (Å²) in [4.78, 5) is 0. The lowest BCUT2D eigenvalue weighted by atomic mass is 10.1. The molecule has 0 aromatic carbocycles. The van der Waals surface area contributed by atoms with E-state index in [9.17, 15) is 0 Å². The van der Waals surface area contributed by atoms with Crippen LogP contribution in [0.1, 0.15) is 26.0 Å². The molecule has 0 radical (unpaired) electrons. The van der Waals surface area contributed by atoms with Crippen LogP contribution in [0.15, 0.2) is 22.8 Å². The van der Waals surface area contributed by atoms with Crippen LogP contribution in [0.5, 0.6) is 0 Å². The summed E-state index contributed by atoms with van der Waals surface area (Å²) in [6.45, 7) is 4.35. The quantitative estimate of drug-likeness (QED) is 0.727. The highest BCUT2D eigenvalue weighted by Crippen LogP contribution is 2.04. The molecule has 0 aliphatic heterocycles. The Morgan fingerprint density at radius 2 is 2.36 bits per heavy atom. The molecule has 0 aliphatic carbocycles. The van der Waals surface area contributed by atoms with Crippen molar-refractivity contribution in [2.24, 2.45) is 0 Å². The van der Waals surface area contributed by atoms with E-state index in [1.807, 2.05) is 12.1 Å². The first-order chi connectivity index (χ1) is 6.76. The fourth-order valence-corrected chi connectivity index (χ4v) is 1.49. The maximum Gasteiger partial charge on any atom is 0.105 e. The Morgan fingerprint density at radius 1 is 1.57 bits per heavy atom. The van der Waals surface area contributed by atoms with Crippen LogP contribution < -0.4 is 5.32 Å². The van der Waals surface area contributed by atoms with Crippen molar-refractivity contribution in [3.63, 3.8) is 0 Å². The molecule has 0 saturated carbocycles. The van der Waals surface area contributed by atoms with Gasteiger partial charge in [0.25, 0.3) is 0 Å². The van der Waals surface area contributed by atoms with E-state index in [1.54, 1.807) is 6.26 Å². The molecule has 80 valence electrons. The van der Waals surface area contributed by atoms with Crippen LogP contribution in [0, 0.1) is 0 Å². The minimum absolute atomic E-state index is 0.193. The van der Waals surface area contributed by atoms with Gasteiger partial charge in [-0.1, -0.05) is 6.92 Å². The molecule has 1 aromatic rings. The normalized spacial score (nSPS) is 15.4. The summed E-state index contributed by atoms with van der Waals surface area (Å²) in [7, 11) is 0. The molecule has 2 N–H and O–H groups in total. The number of aliphatic hydroxyl groups excluding tert-OH is 1. The van der Waals surface area contributed by atoms with Gasteiger partial charge in [0, 0.05) is 18.5 Å². The number of rotatable bonds is 6. The van der Waals surface area contributed by atoms with Crippen LogP contribution in [0.2, 0.25) is 0 Å². The second-order valence-electron chi connectivity index (χ2n) is 3.64. The van der Waals surface area contributed by atoms with Crippen LogP contribution >= 0.6 is 0 Å². The first-order valence-corrected chi connectivity index (χ1v) is 5.15. The van der Waals surface area contributed by atoms with Crippen molar-refractivity contribution in [1.82, 2.24) is 5.32 Å². The Labute approximate surface area is 85.1 Å². The molecule has 14 heavy (non-hydrogen) atoms. The molecule has 1 aromatic heterocycles. The molecular formula is C11H19NO2. The third-order valence-electron chi connectivity index (χ3n) is 2.32. The van der Waals surface area contributed by atoms with Gasteiger partial charge in [0.05, 0.1) is 12.9 Å². The third-order valence-corrected chi connectivity index (χ3v) is 2.32. The minimum atomic E-state index is 0.193. The van der Waals surface area contributed by atoms with E-state index in [1.165, 1.54) is 0 Å². The van der Waals surface area contributed by atoms with E-state index < -0.39 is 0 Å². The zero-order valence-corrected chi connectivity index (χ0v) is 8.86. The number of furan rings is 1. The van der Waals surface area contributed by atoms with Crippen LogP contribution in [0.3, 0.4) is 0 Å². The number of hydrogen-bond acceptors (Lipinski definition) is 3. The van der Waals surface area contributed by atoms with Crippen molar-refractivity contribution < 1.29 is 9.52 Å². The molecule has 0 spiro atoms. The van der Waals surface area contributed by atoms with Crippen molar-refractivity contribution in [1.29, 1.82) is 0 Å². The van der Waals surface area contributed by atoms with E-state index in [2.05, 4.69) is 19.2 Å². The molecule has 0 bridgehead atoms. The van der Waals surface area contributed by atoms with Crippen molar-refractivity contribution >= 4 is 0 Å². The largest absolute Gasteiger partial charge is 0.469 e. The topological polar surface area (TPSA) is 45.4 Å². The second kappa shape index (κ2) is 5.83. The molecule has 0 saturated heterocycles. The lowest BCUT2D eigenvalue weighted by Crippen LogP contribution is -2.39.